The third-order valence-electron chi connectivity index (χ3n) is 9.35. The Balaban J connectivity index is 1.47. The molecule has 236 valence electrons. The van der Waals surface area contributed by atoms with E-state index >= 15 is 0 Å². The van der Waals surface area contributed by atoms with E-state index in [9.17, 15) is 24.3 Å². The zero-order valence-electron chi connectivity index (χ0n) is 25.5. The van der Waals surface area contributed by atoms with Gasteiger partial charge in [0.15, 0.2) is 0 Å². The van der Waals surface area contributed by atoms with Crippen LogP contribution in [0, 0.1) is 11.8 Å². The Bertz CT molecular complexity index is 1490. The smallest absolute Gasteiger partial charge is 0.306 e. The number of cyclic esters (lactones) is 1. The Morgan fingerprint density at radius 3 is 2.38 bits per heavy atom. The van der Waals surface area contributed by atoms with Crippen molar-refractivity contribution in [2.45, 2.75) is 62.6 Å². The zero-order valence-corrected chi connectivity index (χ0v) is 25.5. The van der Waals surface area contributed by atoms with Gasteiger partial charge in [-0.3, -0.25) is 19.2 Å². The van der Waals surface area contributed by atoms with Crippen LogP contribution in [-0.4, -0.2) is 82.1 Å². The molecule has 2 aromatic carbocycles. The van der Waals surface area contributed by atoms with Gasteiger partial charge in [0.1, 0.15) is 18.2 Å². The number of carbonyl (C=O) groups excluding carboxylic acids is 4. The number of hydrogen-bond donors (Lipinski definition) is 2. The molecule has 3 amide bonds. The molecule has 1 spiro atoms. The van der Waals surface area contributed by atoms with Gasteiger partial charge in [-0.1, -0.05) is 85.0 Å². The minimum Gasteiger partial charge on any atom is -0.463 e. The number of aliphatic hydroxyl groups excluding tert-OH is 1. The van der Waals surface area contributed by atoms with Crippen LogP contribution in [0.1, 0.15) is 49.9 Å². The molecule has 2 fully saturated rings. The third-order valence-corrected chi connectivity index (χ3v) is 9.35. The van der Waals surface area contributed by atoms with Crippen LogP contribution in [0.15, 0.2) is 85.0 Å². The third kappa shape index (κ3) is 5.46. The molecular formula is C35H39N3O7. The normalized spacial score (nSPS) is 31.6. The van der Waals surface area contributed by atoms with Crippen LogP contribution in [0.3, 0.4) is 0 Å². The van der Waals surface area contributed by atoms with E-state index in [0.717, 1.165) is 5.56 Å². The molecule has 4 aliphatic rings. The molecule has 10 nitrogen and oxygen atoms in total. The Morgan fingerprint density at radius 1 is 0.978 bits per heavy atom. The Hall–Kier alpha value is -4.28. The summed E-state index contributed by atoms with van der Waals surface area (Å²) in [4.78, 5) is 59.2. The van der Waals surface area contributed by atoms with Gasteiger partial charge in [-0.2, -0.15) is 0 Å². The fraction of sp³-hybridized carbons (Fsp3) is 0.429. The van der Waals surface area contributed by atoms with E-state index in [-0.39, 0.29) is 30.9 Å². The SMILES string of the molecule is CC(C)N1CC=C[C@]23O[C@@H]4/C=C\CCC(=O)OC[C@@H](c5ccccc5)NC(=O)[C@@H]4[C@H]2C(=O)N([C@H](CO)c2ccccc2)[C@@H]3C1=O. The second kappa shape index (κ2) is 12.6. The summed E-state index contributed by atoms with van der Waals surface area (Å²) in [6.07, 6.45) is 6.77. The van der Waals surface area contributed by atoms with Crippen LogP contribution in [0.2, 0.25) is 0 Å². The van der Waals surface area contributed by atoms with E-state index in [0.29, 0.717) is 18.5 Å². The van der Waals surface area contributed by atoms with Crippen LogP contribution in [0.4, 0.5) is 0 Å². The Labute approximate surface area is 262 Å². The molecule has 0 bridgehead atoms. The van der Waals surface area contributed by atoms with Crippen LogP contribution < -0.4 is 5.32 Å². The number of esters is 1. The molecule has 45 heavy (non-hydrogen) atoms. The van der Waals surface area contributed by atoms with E-state index < -0.39 is 60.1 Å². The first-order chi connectivity index (χ1) is 21.8. The highest BCUT2D eigenvalue weighted by atomic mass is 16.5. The summed E-state index contributed by atoms with van der Waals surface area (Å²) in [7, 11) is 0. The van der Waals surface area contributed by atoms with Gasteiger partial charge in [-0.05, 0) is 31.4 Å². The Kier molecular flexibility index (Phi) is 8.61. The van der Waals surface area contributed by atoms with Gasteiger partial charge in [0.05, 0.1) is 36.6 Å². The summed E-state index contributed by atoms with van der Waals surface area (Å²) in [6.45, 7) is 3.64. The fourth-order valence-electron chi connectivity index (χ4n) is 7.22. The molecule has 10 heteroatoms. The molecule has 0 aliphatic carbocycles. The van der Waals surface area contributed by atoms with Crippen molar-refractivity contribution in [3.63, 3.8) is 0 Å². The van der Waals surface area contributed by atoms with Gasteiger partial charge >= 0.3 is 5.97 Å². The maximum absolute atomic E-state index is 14.8. The first-order valence-corrected chi connectivity index (χ1v) is 15.6. The lowest BCUT2D eigenvalue weighted by atomic mass is 9.77. The number of ether oxygens (including phenoxy) is 2. The molecule has 0 radical (unpaired) electrons. The lowest BCUT2D eigenvalue weighted by molar-refractivity contribution is -0.152. The van der Waals surface area contributed by atoms with Gasteiger partial charge < -0.3 is 29.7 Å². The first-order valence-electron chi connectivity index (χ1n) is 15.6. The van der Waals surface area contributed by atoms with Crippen LogP contribution in [-0.2, 0) is 28.7 Å². The number of hydrogen-bond acceptors (Lipinski definition) is 7. The second-order valence-corrected chi connectivity index (χ2v) is 12.3. The van der Waals surface area contributed by atoms with Crippen molar-refractivity contribution in [1.29, 1.82) is 0 Å². The number of carbonyl (C=O) groups is 4. The van der Waals surface area contributed by atoms with Gasteiger partial charge in [0.2, 0.25) is 17.7 Å². The highest BCUT2D eigenvalue weighted by Crippen LogP contribution is 2.54. The molecule has 0 saturated carbocycles. The van der Waals surface area contributed by atoms with Gasteiger partial charge in [-0.15, -0.1) is 0 Å². The topological polar surface area (TPSA) is 125 Å². The maximum atomic E-state index is 14.8. The van der Waals surface area contributed by atoms with Crippen molar-refractivity contribution < 1.29 is 33.8 Å². The number of rotatable bonds is 5. The summed E-state index contributed by atoms with van der Waals surface area (Å²) in [5.74, 6) is -3.62. The summed E-state index contributed by atoms with van der Waals surface area (Å²) >= 11 is 0. The molecule has 4 heterocycles. The van der Waals surface area contributed by atoms with E-state index in [1.807, 2.05) is 80.6 Å². The van der Waals surface area contributed by atoms with Crippen molar-refractivity contribution >= 4 is 23.7 Å². The Morgan fingerprint density at radius 2 is 1.69 bits per heavy atom. The quantitative estimate of drug-likeness (QED) is 0.393. The number of likely N-dealkylation sites (tertiary alicyclic amines) is 1. The molecule has 2 aromatic rings. The van der Waals surface area contributed by atoms with E-state index in [1.54, 1.807) is 23.1 Å². The average molecular weight is 614 g/mol. The standard InChI is InChI=1S/C35H39N3O7/c1-22(2)37-19-11-18-35-30(33(42)38(31(35)34(37)43)26(20-39)24-14-7-4-8-15-24)29-27(45-35)16-9-10-17-28(40)44-21-25(36-32(29)41)23-12-5-3-6-13-23/h3-9,11-16,18,22,25-27,29-31,39H,10,17,19-21H2,1-2H3,(H,36,41)/b16-9-/t25-,26+,27+,29-,30-,31+,35-/m0/s1. The summed E-state index contributed by atoms with van der Waals surface area (Å²) < 4.78 is 12.3. The van der Waals surface area contributed by atoms with Crippen molar-refractivity contribution in [2.75, 3.05) is 19.8 Å². The number of nitrogens with zero attached hydrogens (tertiary/aromatic N) is 2. The molecule has 4 aliphatic heterocycles. The van der Waals surface area contributed by atoms with Crippen LogP contribution in [0.25, 0.3) is 0 Å². The minimum absolute atomic E-state index is 0.0720. The monoisotopic (exact) mass is 613 g/mol. The summed E-state index contributed by atoms with van der Waals surface area (Å²) in [5.41, 5.74) is -0.0486. The van der Waals surface area contributed by atoms with E-state index in [2.05, 4.69) is 5.32 Å². The summed E-state index contributed by atoms with van der Waals surface area (Å²) in [5, 5.41) is 13.7. The van der Waals surface area contributed by atoms with Crippen LogP contribution in [0.5, 0.6) is 0 Å². The summed E-state index contributed by atoms with van der Waals surface area (Å²) in [6, 6.07) is 15.5. The highest BCUT2D eigenvalue weighted by Gasteiger charge is 2.72. The average Bonchev–Trinajstić information content (AvgIpc) is 3.42. The number of nitrogens with one attached hydrogen (secondary N) is 1. The maximum Gasteiger partial charge on any atom is 0.306 e. The molecule has 6 rings (SSSR count). The molecule has 2 saturated heterocycles. The number of amides is 3. The predicted molar refractivity (Wildman–Crippen MR) is 164 cm³/mol. The van der Waals surface area contributed by atoms with E-state index in [1.165, 1.54) is 4.90 Å². The number of fused-ring (bicyclic) bond motifs is 2. The lowest BCUT2D eigenvalue weighted by Crippen LogP contribution is -2.57. The van der Waals surface area contributed by atoms with Crippen molar-refractivity contribution in [1.82, 2.24) is 15.1 Å². The van der Waals surface area contributed by atoms with Gasteiger partial charge in [0.25, 0.3) is 0 Å². The molecule has 2 N–H and O–H groups in total. The van der Waals surface area contributed by atoms with Crippen molar-refractivity contribution in [3.8, 4) is 0 Å². The predicted octanol–water partition coefficient (Wildman–Crippen LogP) is 2.86. The number of benzene rings is 2. The molecule has 7 atom stereocenters. The minimum atomic E-state index is -1.47. The van der Waals surface area contributed by atoms with Crippen molar-refractivity contribution in [2.24, 2.45) is 11.8 Å². The van der Waals surface area contributed by atoms with E-state index in [4.69, 9.17) is 9.47 Å². The molecule has 0 unspecified atom stereocenters. The second-order valence-electron chi connectivity index (χ2n) is 12.3. The van der Waals surface area contributed by atoms with Gasteiger partial charge in [0, 0.05) is 19.0 Å². The zero-order chi connectivity index (χ0) is 31.7. The number of allylic oxidation sites excluding steroid dienone is 1. The fourth-order valence-corrected chi connectivity index (χ4v) is 7.22. The van der Waals surface area contributed by atoms with Crippen molar-refractivity contribution in [3.05, 3.63) is 96.1 Å². The molecular weight excluding hydrogens is 574 g/mol. The first kappa shape index (κ1) is 30.7. The number of aliphatic hydroxyl groups is 1. The van der Waals surface area contributed by atoms with Gasteiger partial charge in [-0.25, -0.2) is 0 Å². The highest BCUT2D eigenvalue weighted by molar-refractivity contribution is 6.00. The van der Waals surface area contributed by atoms with Crippen LogP contribution >= 0.6 is 0 Å². The lowest BCUT2D eigenvalue weighted by Gasteiger charge is -2.39. The molecule has 0 aromatic heterocycles. The largest absolute Gasteiger partial charge is 0.463 e.